The van der Waals surface area contributed by atoms with Gasteiger partial charge in [-0.3, -0.25) is 0 Å². The van der Waals surface area contributed by atoms with Gasteiger partial charge in [0.15, 0.2) is 0 Å². The fourth-order valence-electron chi connectivity index (χ4n) is 2.42. The number of hydrogen-bond donors (Lipinski definition) is 2. The lowest BCUT2D eigenvalue weighted by Gasteiger charge is -2.15. The topological polar surface area (TPSA) is 41.5 Å². The molecular formula is C15H23NO2. The summed E-state index contributed by atoms with van der Waals surface area (Å²) in [6, 6.07) is 8.37. The van der Waals surface area contributed by atoms with Gasteiger partial charge in [-0.15, -0.1) is 0 Å². The predicted molar refractivity (Wildman–Crippen MR) is 72.2 cm³/mol. The van der Waals surface area contributed by atoms with E-state index in [0.717, 1.165) is 19.5 Å². The van der Waals surface area contributed by atoms with Crippen LogP contribution in [0.15, 0.2) is 24.3 Å². The molecular weight excluding hydrogens is 226 g/mol. The summed E-state index contributed by atoms with van der Waals surface area (Å²) < 4.78 is 5.21. The van der Waals surface area contributed by atoms with Gasteiger partial charge in [0.25, 0.3) is 0 Å². The standard InChI is InChI=1S/C15H23NO2/c1-18-11-14-5-3-2-4-13(14)10-16-12-15(6-7-15)8-9-17/h2-5,16-17H,6-12H2,1H3. The van der Waals surface area contributed by atoms with Crippen LogP contribution in [-0.2, 0) is 17.9 Å². The molecule has 1 aromatic carbocycles. The van der Waals surface area contributed by atoms with Crippen LogP contribution in [0.1, 0.15) is 30.4 Å². The van der Waals surface area contributed by atoms with E-state index >= 15 is 0 Å². The Morgan fingerprint density at radius 3 is 2.61 bits per heavy atom. The number of ether oxygens (including phenoxy) is 1. The molecule has 18 heavy (non-hydrogen) atoms. The highest BCUT2D eigenvalue weighted by Crippen LogP contribution is 2.47. The fourth-order valence-corrected chi connectivity index (χ4v) is 2.42. The zero-order chi connectivity index (χ0) is 12.8. The molecule has 0 radical (unpaired) electrons. The van der Waals surface area contributed by atoms with Crippen molar-refractivity contribution in [3.8, 4) is 0 Å². The molecule has 0 atom stereocenters. The van der Waals surface area contributed by atoms with Crippen LogP contribution in [0.2, 0.25) is 0 Å². The van der Waals surface area contributed by atoms with Gasteiger partial charge in [0, 0.05) is 26.8 Å². The Morgan fingerprint density at radius 1 is 1.28 bits per heavy atom. The number of hydrogen-bond acceptors (Lipinski definition) is 3. The quantitative estimate of drug-likeness (QED) is 0.741. The molecule has 0 amide bonds. The lowest BCUT2D eigenvalue weighted by molar-refractivity contribution is 0.184. The van der Waals surface area contributed by atoms with E-state index in [1.807, 2.05) is 6.07 Å². The molecule has 0 bridgehead atoms. The summed E-state index contributed by atoms with van der Waals surface area (Å²) in [6.07, 6.45) is 3.43. The summed E-state index contributed by atoms with van der Waals surface area (Å²) >= 11 is 0. The van der Waals surface area contributed by atoms with E-state index in [9.17, 15) is 0 Å². The van der Waals surface area contributed by atoms with Crippen LogP contribution < -0.4 is 5.32 Å². The molecule has 0 aliphatic heterocycles. The third kappa shape index (κ3) is 3.55. The molecule has 0 unspecified atom stereocenters. The third-order valence-corrected chi connectivity index (χ3v) is 3.83. The number of rotatable bonds is 8. The number of methoxy groups -OCH3 is 1. The second-order valence-corrected chi connectivity index (χ2v) is 5.28. The van der Waals surface area contributed by atoms with Crippen LogP contribution in [0.4, 0.5) is 0 Å². The minimum atomic E-state index is 0.307. The van der Waals surface area contributed by atoms with Gasteiger partial charge in [-0.05, 0) is 35.8 Å². The predicted octanol–water partition coefficient (Wildman–Crippen LogP) is 2.09. The number of benzene rings is 1. The highest BCUT2D eigenvalue weighted by atomic mass is 16.5. The van der Waals surface area contributed by atoms with Crippen LogP contribution in [0.3, 0.4) is 0 Å². The Hall–Kier alpha value is -0.900. The Bertz CT molecular complexity index is 375. The molecule has 1 aliphatic carbocycles. The van der Waals surface area contributed by atoms with E-state index in [-0.39, 0.29) is 0 Å². The van der Waals surface area contributed by atoms with Crippen LogP contribution in [0.5, 0.6) is 0 Å². The summed E-state index contributed by atoms with van der Waals surface area (Å²) in [5, 5.41) is 12.5. The van der Waals surface area contributed by atoms with Crippen LogP contribution >= 0.6 is 0 Å². The number of nitrogens with one attached hydrogen (secondary N) is 1. The summed E-state index contributed by atoms with van der Waals surface area (Å²) in [5.74, 6) is 0. The molecule has 1 aromatic rings. The summed E-state index contributed by atoms with van der Waals surface area (Å²) in [6.45, 7) is 2.86. The molecule has 100 valence electrons. The molecule has 0 saturated heterocycles. The van der Waals surface area contributed by atoms with Gasteiger partial charge in [-0.25, -0.2) is 0 Å². The maximum absolute atomic E-state index is 9.03. The SMILES string of the molecule is COCc1ccccc1CNCC1(CCO)CC1. The van der Waals surface area contributed by atoms with Crippen molar-refractivity contribution in [2.45, 2.75) is 32.4 Å². The molecule has 2 N–H and O–H groups in total. The van der Waals surface area contributed by atoms with Crippen molar-refractivity contribution in [1.82, 2.24) is 5.32 Å². The van der Waals surface area contributed by atoms with E-state index < -0.39 is 0 Å². The van der Waals surface area contributed by atoms with Gasteiger partial charge in [-0.1, -0.05) is 24.3 Å². The first-order valence-electron chi connectivity index (χ1n) is 6.67. The van der Waals surface area contributed by atoms with E-state index in [2.05, 4.69) is 23.5 Å². The second kappa shape index (κ2) is 6.32. The number of aliphatic hydroxyl groups is 1. The largest absolute Gasteiger partial charge is 0.396 e. The Kier molecular flexibility index (Phi) is 4.75. The van der Waals surface area contributed by atoms with Gasteiger partial charge < -0.3 is 15.2 Å². The first kappa shape index (κ1) is 13.5. The molecule has 3 nitrogen and oxygen atoms in total. The monoisotopic (exact) mass is 249 g/mol. The minimum Gasteiger partial charge on any atom is -0.396 e. The number of aliphatic hydroxyl groups excluding tert-OH is 1. The molecule has 1 fully saturated rings. The van der Waals surface area contributed by atoms with Gasteiger partial charge in [-0.2, -0.15) is 0 Å². The van der Waals surface area contributed by atoms with Crippen molar-refractivity contribution in [3.63, 3.8) is 0 Å². The van der Waals surface area contributed by atoms with Crippen molar-refractivity contribution in [1.29, 1.82) is 0 Å². The maximum Gasteiger partial charge on any atom is 0.0716 e. The van der Waals surface area contributed by atoms with Gasteiger partial charge in [0.2, 0.25) is 0 Å². The summed E-state index contributed by atoms with van der Waals surface area (Å²) in [4.78, 5) is 0. The van der Waals surface area contributed by atoms with Crippen LogP contribution in [0.25, 0.3) is 0 Å². The molecule has 0 aromatic heterocycles. The Labute approximate surface area is 109 Å². The summed E-state index contributed by atoms with van der Waals surface area (Å²) in [5.41, 5.74) is 2.93. The van der Waals surface area contributed by atoms with Gasteiger partial charge >= 0.3 is 0 Å². The zero-order valence-corrected chi connectivity index (χ0v) is 11.1. The highest BCUT2D eigenvalue weighted by Gasteiger charge is 2.41. The molecule has 1 aliphatic rings. The second-order valence-electron chi connectivity index (χ2n) is 5.28. The third-order valence-electron chi connectivity index (χ3n) is 3.83. The van der Waals surface area contributed by atoms with Gasteiger partial charge in [0.1, 0.15) is 0 Å². The van der Waals surface area contributed by atoms with Crippen LogP contribution in [0, 0.1) is 5.41 Å². The molecule has 2 rings (SSSR count). The van der Waals surface area contributed by atoms with E-state index in [1.165, 1.54) is 24.0 Å². The molecule has 0 heterocycles. The van der Waals surface area contributed by atoms with Crippen molar-refractivity contribution in [3.05, 3.63) is 35.4 Å². The highest BCUT2D eigenvalue weighted by molar-refractivity contribution is 5.26. The molecule has 0 spiro atoms. The lowest BCUT2D eigenvalue weighted by Crippen LogP contribution is -2.24. The first-order valence-corrected chi connectivity index (χ1v) is 6.67. The molecule has 3 heteroatoms. The average Bonchev–Trinajstić information content (AvgIpc) is 3.12. The molecule has 1 saturated carbocycles. The lowest BCUT2D eigenvalue weighted by atomic mass is 10.0. The maximum atomic E-state index is 9.03. The van der Waals surface area contributed by atoms with Crippen molar-refractivity contribution in [2.24, 2.45) is 5.41 Å². The van der Waals surface area contributed by atoms with Crippen molar-refractivity contribution < 1.29 is 9.84 Å². The van der Waals surface area contributed by atoms with E-state index in [4.69, 9.17) is 9.84 Å². The van der Waals surface area contributed by atoms with Crippen LogP contribution in [-0.4, -0.2) is 25.4 Å². The minimum absolute atomic E-state index is 0.307. The first-order chi connectivity index (χ1) is 8.79. The zero-order valence-electron chi connectivity index (χ0n) is 11.1. The Morgan fingerprint density at radius 2 is 2.00 bits per heavy atom. The van der Waals surface area contributed by atoms with Crippen molar-refractivity contribution in [2.75, 3.05) is 20.3 Å². The Balaban J connectivity index is 1.83. The van der Waals surface area contributed by atoms with Crippen molar-refractivity contribution >= 4 is 0 Å². The average molecular weight is 249 g/mol. The normalized spacial score (nSPS) is 16.8. The van der Waals surface area contributed by atoms with E-state index in [1.54, 1.807) is 7.11 Å². The van der Waals surface area contributed by atoms with E-state index in [0.29, 0.717) is 18.6 Å². The summed E-state index contributed by atoms with van der Waals surface area (Å²) in [7, 11) is 1.73. The fraction of sp³-hybridized carbons (Fsp3) is 0.600. The van der Waals surface area contributed by atoms with Gasteiger partial charge in [0.05, 0.1) is 6.61 Å². The smallest absolute Gasteiger partial charge is 0.0716 e.